The number of nitrogens with one attached hydrogen (secondary N) is 1. The molecule has 6 nitrogen and oxygen atoms in total. The Bertz CT molecular complexity index is 715. The molecule has 1 aliphatic heterocycles. The molecule has 2 aromatic rings. The van der Waals surface area contributed by atoms with Crippen LogP contribution in [0.25, 0.3) is 10.8 Å². The molecule has 1 fully saturated rings. The Kier molecular flexibility index (Phi) is 4.09. The lowest BCUT2D eigenvalue weighted by molar-refractivity contribution is 0.202. The number of carbonyl (C=O) groups is 1. The second-order valence-corrected chi connectivity index (χ2v) is 5.01. The first-order chi connectivity index (χ1) is 10.8. The molecule has 0 bridgehead atoms. The van der Waals surface area contributed by atoms with Gasteiger partial charge >= 0.3 is 6.03 Å². The monoisotopic (exact) mass is 299 g/mol. The number of rotatable bonds is 5. The van der Waals surface area contributed by atoms with Crippen LogP contribution in [0, 0.1) is 0 Å². The van der Waals surface area contributed by atoms with Crippen molar-refractivity contribution in [2.24, 2.45) is 5.16 Å². The van der Waals surface area contributed by atoms with Crippen molar-refractivity contribution in [3.8, 4) is 5.75 Å². The van der Waals surface area contributed by atoms with Gasteiger partial charge in [-0.25, -0.2) is 4.79 Å². The molecule has 1 saturated heterocycles. The zero-order chi connectivity index (χ0) is 15.4. The summed E-state index contributed by atoms with van der Waals surface area (Å²) in [6.45, 7) is 2.29. The summed E-state index contributed by atoms with van der Waals surface area (Å²) in [5.74, 6) is 0.635. The maximum atomic E-state index is 11.5. The van der Waals surface area contributed by atoms with Gasteiger partial charge in [0, 0.05) is 18.7 Å². The quantitative estimate of drug-likeness (QED) is 0.504. The number of benzene rings is 2. The normalized spacial score (nSPS) is 14.7. The highest BCUT2D eigenvalue weighted by atomic mass is 16.5. The van der Waals surface area contributed by atoms with E-state index in [0.29, 0.717) is 32.0 Å². The zero-order valence-corrected chi connectivity index (χ0v) is 12.0. The summed E-state index contributed by atoms with van der Waals surface area (Å²) in [5, 5.41) is 16.8. The van der Waals surface area contributed by atoms with E-state index >= 15 is 0 Å². The molecule has 2 N–H and O–H groups in total. The number of hydrogen-bond acceptors (Lipinski definition) is 4. The first kappa shape index (κ1) is 14.2. The summed E-state index contributed by atoms with van der Waals surface area (Å²) >= 11 is 0. The van der Waals surface area contributed by atoms with Crippen LogP contribution >= 0.6 is 0 Å². The van der Waals surface area contributed by atoms with E-state index in [4.69, 9.17) is 9.94 Å². The minimum atomic E-state index is -0.0562. The number of amides is 2. The fourth-order valence-electron chi connectivity index (χ4n) is 2.58. The van der Waals surface area contributed by atoms with E-state index in [0.717, 1.165) is 16.3 Å². The van der Waals surface area contributed by atoms with Gasteiger partial charge in [-0.15, -0.1) is 0 Å². The zero-order valence-electron chi connectivity index (χ0n) is 12.0. The summed E-state index contributed by atoms with van der Waals surface area (Å²) in [6, 6.07) is 11.6. The van der Waals surface area contributed by atoms with Gasteiger partial charge in [0.1, 0.15) is 12.4 Å². The highest BCUT2D eigenvalue weighted by Crippen LogP contribution is 2.26. The van der Waals surface area contributed by atoms with Crippen LogP contribution in [0.1, 0.15) is 5.56 Å². The Balaban J connectivity index is 1.78. The molecule has 3 rings (SSSR count). The number of urea groups is 1. The maximum absolute atomic E-state index is 11.5. The molecule has 6 heteroatoms. The Morgan fingerprint density at radius 1 is 1.32 bits per heavy atom. The number of carbonyl (C=O) groups excluding carboxylic acids is 1. The van der Waals surface area contributed by atoms with Crippen LogP contribution < -0.4 is 10.1 Å². The molecule has 0 radical (unpaired) electrons. The van der Waals surface area contributed by atoms with Crippen LogP contribution in [0.2, 0.25) is 0 Å². The van der Waals surface area contributed by atoms with Crippen molar-refractivity contribution >= 4 is 23.0 Å². The van der Waals surface area contributed by atoms with Gasteiger partial charge in [-0.1, -0.05) is 35.5 Å². The molecule has 114 valence electrons. The summed E-state index contributed by atoms with van der Waals surface area (Å²) in [5.41, 5.74) is 0.728. The number of hydrogen-bond donors (Lipinski definition) is 2. The largest absolute Gasteiger partial charge is 0.491 e. The average Bonchev–Trinajstić information content (AvgIpc) is 2.95. The van der Waals surface area contributed by atoms with Crippen LogP contribution in [-0.4, -0.2) is 48.6 Å². The third kappa shape index (κ3) is 2.81. The van der Waals surface area contributed by atoms with Gasteiger partial charge in [0.05, 0.1) is 12.8 Å². The van der Waals surface area contributed by atoms with Crippen LogP contribution in [-0.2, 0) is 0 Å². The van der Waals surface area contributed by atoms with E-state index in [1.54, 1.807) is 4.90 Å². The van der Waals surface area contributed by atoms with Gasteiger partial charge in [0.25, 0.3) is 0 Å². The predicted molar refractivity (Wildman–Crippen MR) is 83.8 cm³/mol. The minimum Gasteiger partial charge on any atom is -0.491 e. The van der Waals surface area contributed by atoms with Gasteiger partial charge in [0.2, 0.25) is 0 Å². The molecule has 2 aromatic carbocycles. The molecular weight excluding hydrogens is 282 g/mol. The smallest absolute Gasteiger partial charge is 0.317 e. The third-order valence-electron chi connectivity index (χ3n) is 3.68. The lowest BCUT2D eigenvalue weighted by atomic mass is 10.0. The highest BCUT2D eigenvalue weighted by Gasteiger charge is 2.19. The van der Waals surface area contributed by atoms with Gasteiger partial charge in [-0.05, 0) is 16.8 Å². The lowest BCUT2D eigenvalue weighted by Crippen LogP contribution is -2.31. The topological polar surface area (TPSA) is 74.2 Å². The van der Waals surface area contributed by atoms with Gasteiger partial charge in [-0.2, -0.15) is 0 Å². The van der Waals surface area contributed by atoms with E-state index in [2.05, 4.69) is 10.5 Å². The molecule has 0 spiro atoms. The van der Waals surface area contributed by atoms with E-state index in [9.17, 15) is 4.79 Å². The van der Waals surface area contributed by atoms with E-state index in [1.807, 2.05) is 36.4 Å². The van der Waals surface area contributed by atoms with Crippen LogP contribution in [0.4, 0.5) is 4.79 Å². The summed E-state index contributed by atoms with van der Waals surface area (Å²) < 4.78 is 5.78. The molecule has 2 amide bonds. The van der Waals surface area contributed by atoms with Gasteiger partial charge < -0.3 is 20.2 Å². The van der Waals surface area contributed by atoms with Crippen LogP contribution in [0.5, 0.6) is 5.75 Å². The molecule has 0 saturated carbocycles. The average molecular weight is 299 g/mol. The number of nitrogens with zero attached hydrogens (tertiary/aromatic N) is 2. The van der Waals surface area contributed by atoms with Gasteiger partial charge in [0.15, 0.2) is 0 Å². The molecule has 0 atom stereocenters. The second-order valence-electron chi connectivity index (χ2n) is 5.01. The number of fused-ring (bicyclic) bond motifs is 1. The predicted octanol–water partition coefficient (Wildman–Crippen LogP) is 2.05. The summed E-state index contributed by atoms with van der Waals surface area (Å²) in [7, 11) is 0. The Labute approximate surface area is 128 Å². The summed E-state index contributed by atoms with van der Waals surface area (Å²) in [6.07, 6.45) is 1.38. The Morgan fingerprint density at radius 2 is 2.18 bits per heavy atom. The van der Waals surface area contributed by atoms with Crippen molar-refractivity contribution in [1.82, 2.24) is 10.2 Å². The Hall–Kier alpha value is -2.76. The number of ether oxygens (including phenoxy) is 1. The van der Waals surface area contributed by atoms with E-state index < -0.39 is 0 Å². The first-order valence-electron chi connectivity index (χ1n) is 7.14. The van der Waals surface area contributed by atoms with Crippen LogP contribution in [0.15, 0.2) is 41.6 Å². The molecular formula is C16H17N3O3. The van der Waals surface area contributed by atoms with E-state index in [1.165, 1.54) is 6.21 Å². The van der Waals surface area contributed by atoms with E-state index in [-0.39, 0.29) is 6.03 Å². The third-order valence-corrected chi connectivity index (χ3v) is 3.68. The SMILES string of the molecule is O=C1NCCN1CCOc1ccc2ccccc2c1C=NO. The van der Waals surface area contributed by atoms with Crippen molar-refractivity contribution in [2.75, 3.05) is 26.2 Å². The standard InChI is InChI=1S/C16H17N3O3/c20-16-17-7-8-19(16)9-10-22-15-6-5-12-3-1-2-4-13(12)14(15)11-18-21/h1-6,11,21H,7-10H2,(H,17,20). The molecule has 22 heavy (non-hydrogen) atoms. The van der Waals surface area contributed by atoms with Crippen molar-refractivity contribution in [1.29, 1.82) is 0 Å². The Morgan fingerprint density at radius 3 is 2.95 bits per heavy atom. The van der Waals surface area contributed by atoms with Crippen molar-refractivity contribution in [2.45, 2.75) is 0 Å². The molecule has 1 aliphatic rings. The lowest BCUT2D eigenvalue weighted by Gasteiger charge is -2.16. The summed E-state index contributed by atoms with van der Waals surface area (Å²) in [4.78, 5) is 13.2. The van der Waals surface area contributed by atoms with Crippen molar-refractivity contribution in [3.63, 3.8) is 0 Å². The van der Waals surface area contributed by atoms with Crippen molar-refractivity contribution in [3.05, 3.63) is 42.0 Å². The second kappa shape index (κ2) is 6.34. The fourth-order valence-corrected chi connectivity index (χ4v) is 2.58. The molecule has 0 aromatic heterocycles. The highest BCUT2D eigenvalue weighted by molar-refractivity contribution is 6.02. The fraction of sp³-hybridized carbons (Fsp3) is 0.250. The van der Waals surface area contributed by atoms with Crippen molar-refractivity contribution < 1.29 is 14.7 Å². The molecule has 1 heterocycles. The minimum absolute atomic E-state index is 0.0562. The van der Waals surface area contributed by atoms with Gasteiger partial charge in [-0.3, -0.25) is 0 Å². The van der Waals surface area contributed by atoms with Crippen LogP contribution in [0.3, 0.4) is 0 Å². The maximum Gasteiger partial charge on any atom is 0.317 e. The molecule has 0 aliphatic carbocycles. The first-order valence-corrected chi connectivity index (χ1v) is 7.14. The number of oxime groups is 1. The molecule has 0 unspecified atom stereocenters.